The molecule has 100 valence electrons. The molecule has 0 saturated carbocycles. The van der Waals surface area contributed by atoms with Crippen LogP contribution >= 0.6 is 0 Å². The van der Waals surface area contributed by atoms with E-state index in [9.17, 15) is 4.79 Å². The molecular weight excluding hydrogens is 228 g/mol. The zero-order valence-corrected chi connectivity index (χ0v) is 11.3. The second-order valence-corrected chi connectivity index (χ2v) is 4.72. The molecule has 0 unspecified atom stereocenters. The number of nitrogen functional groups attached to an aromatic ring is 1. The molecule has 0 aliphatic rings. The molecule has 0 fully saturated rings. The summed E-state index contributed by atoms with van der Waals surface area (Å²) in [6, 6.07) is 5.24. The fraction of sp³-hybridized carbons (Fsp3) is 0.500. The first-order valence-corrected chi connectivity index (χ1v) is 6.27. The molecule has 4 nitrogen and oxygen atoms in total. The lowest BCUT2D eigenvalue weighted by Gasteiger charge is -2.13. The summed E-state index contributed by atoms with van der Waals surface area (Å²) < 4.78 is 4.74. The van der Waals surface area contributed by atoms with E-state index >= 15 is 0 Å². The van der Waals surface area contributed by atoms with E-state index in [-0.39, 0.29) is 5.97 Å². The third-order valence-corrected chi connectivity index (χ3v) is 2.76. The highest BCUT2D eigenvalue weighted by molar-refractivity contribution is 5.98. The van der Waals surface area contributed by atoms with E-state index in [0.717, 1.165) is 19.4 Å². The molecule has 0 atom stereocenters. The average Bonchev–Trinajstić information content (AvgIpc) is 2.34. The maximum atomic E-state index is 11.6. The lowest BCUT2D eigenvalue weighted by atomic mass is 10.1. The van der Waals surface area contributed by atoms with Crippen LogP contribution in [-0.2, 0) is 4.74 Å². The van der Waals surface area contributed by atoms with Crippen molar-refractivity contribution in [3.63, 3.8) is 0 Å². The molecule has 0 aliphatic carbocycles. The van der Waals surface area contributed by atoms with Crippen molar-refractivity contribution in [3.05, 3.63) is 23.8 Å². The van der Waals surface area contributed by atoms with E-state index < -0.39 is 0 Å². The summed E-state index contributed by atoms with van der Waals surface area (Å²) in [6.07, 6.45) is 2.19. The monoisotopic (exact) mass is 250 g/mol. The summed E-state index contributed by atoms with van der Waals surface area (Å²) in [5.41, 5.74) is 7.62. The third kappa shape index (κ3) is 3.95. The second kappa shape index (κ2) is 6.89. The fourth-order valence-electron chi connectivity index (χ4n) is 1.77. The van der Waals surface area contributed by atoms with E-state index in [4.69, 9.17) is 10.5 Å². The standard InChI is InChI=1S/C14H22N2O2/c1-10(2)6-5-9-16-13-11(14(17)18-3)7-4-8-12(13)15/h4,7-8,10,16H,5-6,9,15H2,1-3H3. The van der Waals surface area contributed by atoms with Gasteiger partial charge in [0.05, 0.1) is 24.0 Å². The number of carbonyl (C=O) groups is 1. The number of benzene rings is 1. The number of para-hydroxylation sites is 1. The molecule has 0 radical (unpaired) electrons. The van der Waals surface area contributed by atoms with Crippen LogP contribution < -0.4 is 11.1 Å². The Morgan fingerprint density at radius 3 is 2.78 bits per heavy atom. The molecule has 0 saturated heterocycles. The van der Waals surface area contributed by atoms with Crippen molar-refractivity contribution in [2.75, 3.05) is 24.7 Å². The van der Waals surface area contributed by atoms with E-state index in [1.807, 2.05) is 0 Å². The maximum Gasteiger partial charge on any atom is 0.340 e. The van der Waals surface area contributed by atoms with Gasteiger partial charge in [-0.15, -0.1) is 0 Å². The van der Waals surface area contributed by atoms with Crippen LogP contribution in [0.5, 0.6) is 0 Å². The number of nitrogens with one attached hydrogen (secondary N) is 1. The van der Waals surface area contributed by atoms with Crippen molar-refractivity contribution in [2.45, 2.75) is 26.7 Å². The summed E-state index contributed by atoms with van der Waals surface area (Å²) in [6.45, 7) is 5.18. The van der Waals surface area contributed by atoms with Crippen molar-refractivity contribution < 1.29 is 9.53 Å². The Balaban J connectivity index is 2.71. The highest BCUT2D eigenvalue weighted by Crippen LogP contribution is 2.24. The SMILES string of the molecule is COC(=O)c1cccc(N)c1NCCCC(C)C. The average molecular weight is 250 g/mol. The van der Waals surface area contributed by atoms with E-state index in [1.54, 1.807) is 18.2 Å². The van der Waals surface area contributed by atoms with Gasteiger partial charge in [0, 0.05) is 6.54 Å². The van der Waals surface area contributed by atoms with Gasteiger partial charge >= 0.3 is 5.97 Å². The smallest absolute Gasteiger partial charge is 0.340 e. The molecule has 0 amide bonds. The van der Waals surface area contributed by atoms with Crippen LogP contribution in [-0.4, -0.2) is 19.6 Å². The Labute approximate surface area is 109 Å². The lowest BCUT2D eigenvalue weighted by molar-refractivity contribution is 0.0602. The number of nitrogens with two attached hydrogens (primary N) is 1. The van der Waals surface area contributed by atoms with Crippen LogP contribution in [0.15, 0.2) is 18.2 Å². The summed E-state index contributed by atoms with van der Waals surface area (Å²) in [5, 5.41) is 3.23. The first-order valence-electron chi connectivity index (χ1n) is 6.27. The number of ether oxygens (including phenoxy) is 1. The molecule has 0 aromatic heterocycles. The van der Waals surface area contributed by atoms with Crippen molar-refractivity contribution >= 4 is 17.3 Å². The molecule has 0 bridgehead atoms. The van der Waals surface area contributed by atoms with Crippen molar-refractivity contribution in [3.8, 4) is 0 Å². The highest BCUT2D eigenvalue weighted by Gasteiger charge is 2.13. The van der Waals surface area contributed by atoms with Gasteiger partial charge < -0.3 is 15.8 Å². The third-order valence-electron chi connectivity index (χ3n) is 2.76. The molecule has 0 spiro atoms. The molecule has 3 N–H and O–H groups in total. The predicted molar refractivity (Wildman–Crippen MR) is 74.8 cm³/mol. The predicted octanol–water partition coefficient (Wildman–Crippen LogP) is 2.90. The number of methoxy groups -OCH3 is 1. The minimum absolute atomic E-state index is 0.367. The van der Waals surface area contributed by atoms with Crippen LogP contribution in [0, 0.1) is 5.92 Å². The highest BCUT2D eigenvalue weighted by atomic mass is 16.5. The second-order valence-electron chi connectivity index (χ2n) is 4.72. The molecule has 1 aromatic rings. The minimum Gasteiger partial charge on any atom is -0.465 e. The van der Waals surface area contributed by atoms with Crippen molar-refractivity contribution in [1.29, 1.82) is 0 Å². The van der Waals surface area contributed by atoms with Gasteiger partial charge in [-0.25, -0.2) is 4.79 Å². The normalized spacial score (nSPS) is 10.4. The summed E-state index contributed by atoms with van der Waals surface area (Å²) in [7, 11) is 1.37. The molecule has 0 aliphatic heterocycles. The van der Waals surface area contributed by atoms with Crippen LogP contribution in [0.4, 0.5) is 11.4 Å². The van der Waals surface area contributed by atoms with Gasteiger partial charge in [-0.3, -0.25) is 0 Å². The number of carbonyl (C=O) groups excluding carboxylic acids is 1. The molecule has 18 heavy (non-hydrogen) atoms. The van der Waals surface area contributed by atoms with E-state index in [2.05, 4.69) is 19.2 Å². The van der Waals surface area contributed by atoms with Gasteiger partial charge in [0.15, 0.2) is 0 Å². The van der Waals surface area contributed by atoms with Crippen molar-refractivity contribution in [1.82, 2.24) is 0 Å². The molecular formula is C14H22N2O2. The Morgan fingerprint density at radius 2 is 2.17 bits per heavy atom. The van der Waals surface area contributed by atoms with Gasteiger partial charge in [0.2, 0.25) is 0 Å². The summed E-state index contributed by atoms with van der Waals surface area (Å²) in [4.78, 5) is 11.6. The topological polar surface area (TPSA) is 64.3 Å². The largest absolute Gasteiger partial charge is 0.465 e. The minimum atomic E-state index is -0.367. The number of rotatable bonds is 6. The summed E-state index contributed by atoms with van der Waals surface area (Å²) >= 11 is 0. The fourth-order valence-corrected chi connectivity index (χ4v) is 1.77. The van der Waals surface area contributed by atoms with Crippen LogP contribution in [0.1, 0.15) is 37.0 Å². The molecule has 1 rings (SSSR count). The molecule has 4 heteroatoms. The van der Waals surface area contributed by atoms with Gasteiger partial charge in [-0.1, -0.05) is 19.9 Å². The zero-order chi connectivity index (χ0) is 13.5. The Bertz CT molecular complexity index is 403. The molecule has 1 aromatic carbocycles. The van der Waals surface area contributed by atoms with Gasteiger partial charge in [0.25, 0.3) is 0 Å². The van der Waals surface area contributed by atoms with Crippen LogP contribution in [0.2, 0.25) is 0 Å². The maximum absolute atomic E-state index is 11.6. The Morgan fingerprint density at radius 1 is 1.44 bits per heavy atom. The van der Waals surface area contributed by atoms with Crippen molar-refractivity contribution in [2.24, 2.45) is 5.92 Å². The number of anilines is 2. The van der Waals surface area contributed by atoms with Gasteiger partial charge in [0.1, 0.15) is 0 Å². The summed E-state index contributed by atoms with van der Waals surface area (Å²) in [5.74, 6) is 0.314. The first kappa shape index (κ1) is 14.4. The van der Waals surface area contributed by atoms with Gasteiger partial charge in [-0.05, 0) is 30.9 Å². The quantitative estimate of drug-likeness (QED) is 0.463. The number of esters is 1. The number of hydrogen-bond donors (Lipinski definition) is 2. The number of hydrogen-bond acceptors (Lipinski definition) is 4. The lowest BCUT2D eigenvalue weighted by Crippen LogP contribution is -2.11. The van der Waals surface area contributed by atoms with Gasteiger partial charge in [-0.2, -0.15) is 0 Å². The zero-order valence-electron chi connectivity index (χ0n) is 11.3. The molecule has 0 heterocycles. The van der Waals surface area contributed by atoms with Crippen LogP contribution in [0.25, 0.3) is 0 Å². The Hall–Kier alpha value is -1.71. The van der Waals surface area contributed by atoms with Crippen LogP contribution in [0.3, 0.4) is 0 Å². The van der Waals surface area contributed by atoms with E-state index in [0.29, 0.717) is 22.9 Å². The first-order chi connectivity index (χ1) is 8.56. The Kier molecular flexibility index (Phi) is 5.49. The van der Waals surface area contributed by atoms with E-state index in [1.165, 1.54) is 7.11 Å².